The van der Waals surface area contributed by atoms with Gasteiger partial charge in [0.25, 0.3) is 0 Å². The second-order valence-corrected chi connectivity index (χ2v) is 5.49. The molecule has 0 radical (unpaired) electrons. The number of rotatable bonds is 6. The highest BCUT2D eigenvalue weighted by Gasteiger charge is 2.14. The first-order valence-electron chi connectivity index (χ1n) is 6.30. The molecule has 0 saturated heterocycles. The summed E-state index contributed by atoms with van der Waals surface area (Å²) >= 11 is 10.7. The number of carbonyl (C=O) groups is 2. The Morgan fingerprint density at radius 2 is 2.05 bits per heavy atom. The van der Waals surface area contributed by atoms with Crippen LogP contribution in [0.5, 0.6) is 5.75 Å². The molecule has 1 rings (SSSR count). The molecule has 1 unspecified atom stereocenters. The fraction of sp³-hybridized carbons (Fsp3) is 0.429. The van der Waals surface area contributed by atoms with E-state index >= 15 is 0 Å². The van der Waals surface area contributed by atoms with E-state index in [1.165, 1.54) is 0 Å². The number of ketones is 1. The summed E-state index contributed by atoms with van der Waals surface area (Å²) in [5.41, 5.74) is 1.09. The van der Waals surface area contributed by atoms with Gasteiger partial charge in [0.2, 0.25) is 0 Å². The molecule has 20 heavy (non-hydrogen) atoms. The number of ether oxygens (including phenoxy) is 1. The predicted molar refractivity (Wildman–Crippen MR) is 79.7 cm³/mol. The Kier molecular flexibility index (Phi) is 6.82. The fourth-order valence-corrected chi connectivity index (χ4v) is 1.65. The minimum atomic E-state index is -1.15. The number of benzene rings is 1. The van der Waals surface area contributed by atoms with Gasteiger partial charge in [0.15, 0.2) is 10.6 Å². The third-order valence-electron chi connectivity index (χ3n) is 2.90. The number of hydrogen-bond acceptors (Lipinski definition) is 3. The summed E-state index contributed by atoms with van der Waals surface area (Å²) in [5.74, 6) is 0.330. The van der Waals surface area contributed by atoms with E-state index in [1.807, 2.05) is 18.2 Å². The molecule has 0 bridgehead atoms. The number of carbonyl (C=O) groups excluding carboxylic acids is 2. The quantitative estimate of drug-likeness (QED) is 0.814. The number of amides is 1. The lowest BCUT2D eigenvalue weighted by molar-refractivity contribution is -0.116. The average molecular weight is 318 g/mol. The Morgan fingerprint density at radius 1 is 1.35 bits per heavy atom. The molecule has 0 spiro atoms. The maximum absolute atomic E-state index is 11.5. The van der Waals surface area contributed by atoms with Gasteiger partial charge in [-0.2, -0.15) is 0 Å². The molecule has 1 aromatic carbocycles. The van der Waals surface area contributed by atoms with Crippen molar-refractivity contribution in [2.75, 3.05) is 6.54 Å². The van der Waals surface area contributed by atoms with Gasteiger partial charge in [-0.05, 0) is 30.0 Å². The predicted octanol–water partition coefficient (Wildman–Crippen LogP) is 3.66. The SMILES string of the molecule is CCC(C)c1cccc(OC(=O)NCC(=O)C(Cl)Cl)c1. The Bertz CT molecular complexity index is 477. The van der Waals surface area contributed by atoms with Gasteiger partial charge >= 0.3 is 6.09 Å². The molecule has 0 aliphatic rings. The highest BCUT2D eigenvalue weighted by molar-refractivity contribution is 6.54. The van der Waals surface area contributed by atoms with Crippen molar-refractivity contribution in [1.82, 2.24) is 5.32 Å². The van der Waals surface area contributed by atoms with Crippen molar-refractivity contribution in [3.63, 3.8) is 0 Å². The lowest BCUT2D eigenvalue weighted by atomic mass is 9.99. The van der Waals surface area contributed by atoms with Crippen molar-refractivity contribution < 1.29 is 14.3 Å². The highest BCUT2D eigenvalue weighted by Crippen LogP contribution is 2.22. The second kappa shape index (κ2) is 8.12. The van der Waals surface area contributed by atoms with Gasteiger partial charge < -0.3 is 10.1 Å². The van der Waals surface area contributed by atoms with Crippen LogP contribution in [0.1, 0.15) is 31.7 Å². The van der Waals surface area contributed by atoms with Crippen LogP contribution in [0.4, 0.5) is 4.79 Å². The zero-order chi connectivity index (χ0) is 15.1. The molecule has 0 aliphatic heterocycles. The molecule has 0 aromatic heterocycles. The molecular formula is C14H17Cl2NO3. The standard InChI is InChI=1S/C14H17Cl2NO3/c1-3-9(2)10-5-4-6-11(7-10)20-14(19)17-8-12(18)13(15)16/h4-7,9,13H,3,8H2,1-2H3,(H,17,19). The van der Waals surface area contributed by atoms with Crippen molar-refractivity contribution in [3.8, 4) is 5.75 Å². The normalized spacial score (nSPS) is 12.1. The highest BCUT2D eigenvalue weighted by atomic mass is 35.5. The third-order valence-corrected chi connectivity index (χ3v) is 3.39. The van der Waals surface area contributed by atoms with Gasteiger partial charge in [0.1, 0.15) is 5.75 Å². The van der Waals surface area contributed by atoms with Crippen LogP contribution in [0.2, 0.25) is 0 Å². The van der Waals surface area contributed by atoms with Gasteiger partial charge in [-0.25, -0.2) is 4.79 Å². The van der Waals surface area contributed by atoms with Gasteiger partial charge in [-0.1, -0.05) is 49.2 Å². The molecule has 0 saturated carbocycles. The molecular weight excluding hydrogens is 301 g/mol. The topological polar surface area (TPSA) is 55.4 Å². The van der Waals surface area contributed by atoms with Crippen LogP contribution in [0.25, 0.3) is 0 Å². The van der Waals surface area contributed by atoms with E-state index in [2.05, 4.69) is 19.2 Å². The van der Waals surface area contributed by atoms with Crippen LogP contribution in [0, 0.1) is 0 Å². The lowest BCUT2D eigenvalue weighted by Gasteiger charge is -2.11. The summed E-state index contributed by atoms with van der Waals surface area (Å²) in [5, 5.41) is 2.30. The van der Waals surface area contributed by atoms with Crippen molar-refractivity contribution in [1.29, 1.82) is 0 Å². The lowest BCUT2D eigenvalue weighted by Crippen LogP contribution is -2.33. The number of Topliss-reactive ketones (excluding diaryl/α,β-unsaturated/α-hetero) is 1. The smallest absolute Gasteiger partial charge is 0.410 e. The van der Waals surface area contributed by atoms with Crippen LogP contribution in [0.15, 0.2) is 24.3 Å². The largest absolute Gasteiger partial charge is 0.412 e. The summed E-state index contributed by atoms with van der Waals surface area (Å²) in [7, 11) is 0. The van der Waals surface area contributed by atoms with E-state index in [9.17, 15) is 9.59 Å². The zero-order valence-electron chi connectivity index (χ0n) is 11.4. The first kappa shape index (κ1) is 16.8. The summed E-state index contributed by atoms with van der Waals surface area (Å²) in [6.45, 7) is 3.92. The molecule has 6 heteroatoms. The maximum atomic E-state index is 11.5. The van der Waals surface area contributed by atoms with Gasteiger partial charge in [-0.3, -0.25) is 4.79 Å². The molecule has 1 atom stereocenters. The van der Waals surface area contributed by atoms with E-state index in [0.717, 1.165) is 12.0 Å². The summed E-state index contributed by atoms with van der Waals surface area (Å²) in [6.07, 6.45) is 0.283. The molecule has 0 heterocycles. The van der Waals surface area contributed by atoms with Crippen molar-refractivity contribution in [2.24, 2.45) is 0 Å². The first-order chi connectivity index (χ1) is 9.43. The summed E-state index contributed by atoms with van der Waals surface area (Å²) in [6, 6.07) is 7.29. The second-order valence-electron chi connectivity index (χ2n) is 4.39. The number of halogens is 2. The molecule has 110 valence electrons. The van der Waals surface area contributed by atoms with Crippen molar-refractivity contribution in [2.45, 2.75) is 31.0 Å². The number of hydrogen-bond donors (Lipinski definition) is 1. The zero-order valence-corrected chi connectivity index (χ0v) is 12.9. The third kappa shape index (κ3) is 5.39. The van der Waals surface area contributed by atoms with Gasteiger partial charge in [-0.15, -0.1) is 0 Å². The van der Waals surface area contributed by atoms with Crippen LogP contribution >= 0.6 is 23.2 Å². The Morgan fingerprint density at radius 3 is 2.65 bits per heavy atom. The van der Waals surface area contributed by atoms with Crippen molar-refractivity contribution >= 4 is 35.1 Å². The van der Waals surface area contributed by atoms with E-state index in [1.54, 1.807) is 6.07 Å². The van der Waals surface area contributed by atoms with Gasteiger partial charge in [0, 0.05) is 0 Å². The number of alkyl halides is 2. The van der Waals surface area contributed by atoms with Crippen molar-refractivity contribution in [3.05, 3.63) is 29.8 Å². The summed E-state index contributed by atoms with van der Waals surface area (Å²) in [4.78, 5) is 21.5. The van der Waals surface area contributed by atoms with E-state index in [4.69, 9.17) is 27.9 Å². The average Bonchev–Trinajstić information content (AvgIpc) is 2.43. The molecule has 0 aliphatic carbocycles. The van der Waals surface area contributed by atoms with Crippen LogP contribution in [-0.2, 0) is 4.79 Å². The Labute approximate surface area is 128 Å². The van der Waals surface area contributed by atoms with Crippen LogP contribution < -0.4 is 10.1 Å². The van der Waals surface area contributed by atoms with Crippen LogP contribution in [0.3, 0.4) is 0 Å². The minimum absolute atomic E-state index is 0.262. The number of nitrogens with one attached hydrogen (secondary N) is 1. The molecule has 1 aromatic rings. The molecule has 1 N–H and O–H groups in total. The van der Waals surface area contributed by atoms with Gasteiger partial charge in [0.05, 0.1) is 6.54 Å². The maximum Gasteiger partial charge on any atom is 0.412 e. The first-order valence-corrected chi connectivity index (χ1v) is 7.17. The molecule has 4 nitrogen and oxygen atoms in total. The van der Waals surface area contributed by atoms with E-state index < -0.39 is 16.7 Å². The van der Waals surface area contributed by atoms with E-state index in [0.29, 0.717) is 11.7 Å². The van der Waals surface area contributed by atoms with Crippen LogP contribution in [-0.4, -0.2) is 23.3 Å². The summed E-state index contributed by atoms with van der Waals surface area (Å²) < 4.78 is 5.09. The molecule has 1 amide bonds. The molecule has 0 fully saturated rings. The minimum Gasteiger partial charge on any atom is -0.410 e. The monoisotopic (exact) mass is 317 g/mol. The van der Waals surface area contributed by atoms with E-state index in [-0.39, 0.29) is 6.54 Å². The fourth-order valence-electron chi connectivity index (χ4n) is 1.50. The Balaban J connectivity index is 2.56. The Hall–Kier alpha value is -1.26.